The zero-order chi connectivity index (χ0) is 19.0. The van der Waals surface area contributed by atoms with Crippen molar-refractivity contribution < 1.29 is 19.4 Å². The van der Waals surface area contributed by atoms with E-state index in [1.807, 2.05) is 31.2 Å². The fourth-order valence-corrected chi connectivity index (χ4v) is 4.53. The molecule has 1 saturated heterocycles. The Kier molecular flexibility index (Phi) is 4.89. The van der Waals surface area contributed by atoms with Crippen molar-refractivity contribution in [2.24, 2.45) is 0 Å². The number of benzene rings is 2. The molecule has 0 radical (unpaired) electrons. The SMILES string of the molecule is COC1CC[C@@H](N(CC2c3ccccc3-c3ccccc32)C(=O)O)[C@H](C)O1. The Balaban J connectivity index is 1.64. The molecule has 1 unspecified atom stereocenters. The van der Waals surface area contributed by atoms with Gasteiger partial charge in [0, 0.05) is 26.0 Å². The number of hydrogen-bond donors (Lipinski definition) is 1. The molecule has 1 aliphatic heterocycles. The van der Waals surface area contributed by atoms with Crippen LogP contribution in [0.25, 0.3) is 11.1 Å². The van der Waals surface area contributed by atoms with E-state index in [1.54, 1.807) is 12.0 Å². The van der Waals surface area contributed by atoms with Crippen molar-refractivity contribution in [3.63, 3.8) is 0 Å². The van der Waals surface area contributed by atoms with Gasteiger partial charge in [-0.15, -0.1) is 0 Å². The van der Waals surface area contributed by atoms with Crippen molar-refractivity contribution >= 4 is 6.09 Å². The van der Waals surface area contributed by atoms with Gasteiger partial charge in [-0.1, -0.05) is 48.5 Å². The van der Waals surface area contributed by atoms with Gasteiger partial charge in [-0.25, -0.2) is 4.79 Å². The molecule has 2 aromatic carbocycles. The number of methoxy groups -OCH3 is 1. The maximum Gasteiger partial charge on any atom is 0.407 e. The lowest BCUT2D eigenvalue weighted by atomic mass is 9.94. The molecule has 1 aliphatic carbocycles. The van der Waals surface area contributed by atoms with E-state index in [-0.39, 0.29) is 24.4 Å². The Hall–Kier alpha value is -2.37. The molecule has 2 aromatic rings. The molecular weight excluding hydrogens is 342 g/mol. The fourth-order valence-electron chi connectivity index (χ4n) is 4.53. The van der Waals surface area contributed by atoms with Crippen LogP contribution < -0.4 is 0 Å². The van der Waals surface area contributed by atoms with Crippen LogP contribution in [-0.4, -0.2) is 48.2 Å². The predicted octanol–water partition coefficient (Wildman–Crippen LogP) is 4.32. The molecule has 2 aliphatic rings. The van der Waals surface area contributed by atoms with E-state index in [1.165, 1.54) is 22.3 Å². The van der Waals surface area contributed by atoms with Gasteiger partial charge in [-0.2, -0.15) is 0 Å². The third kappa shape index (κ3) is 3.22. The largest absolute Gasteiger partial charge is 0.465 e. The van der Waals surface area contributed by atoms with Crippen LogP contribution >= 0.6 is 0 Å². The highest BCUT2D eigenvalue weighted by molar-refractivity contribution is 5.79. The maximum atomic E-state index is 12.1. The minimum atomic E-state index is -0.895. The second kappa shape index (κ2) is 7.33. The fraction of sp³-hybridized carbons (Fsp3) is 0.409. The Morgan fingerprint density at radius 1 is 1.11 bits per heavy atom. The molecule has 1 amide bonds. The summed E-state index contributed by atoms with van der Waals surface area (Å²) in [4.78, 5) is 13.7. The van der Waals surface area contributed by atoms with Crippen molar-refractivity contribution in [1.82, 2.24) is 4.90 Å². The minimum Gasteiger partial charge on any atom is -0.465 e. The summed E-state index contributed by atoms with van der Waals surface area (Å²) in [5.74, 6) is 0.0425. The van der Waals surface area contributed by atoms with Gasteiger partial charge < -0.3 is 19.5 Å². The first-order valence-electron chi connectivity index (χ1n) is 9.46. The lowest BCUT2D eigenvalue weighted by molar-refractivity contribution is -0.193. The van der Waals surface area contributed by atoms with Gasteiger partial charge in [0.2, 0.25) is 0 Å². The van der Waals surface area contributed by atoms with E-state index in [0.717, 1.165) is 6.42 Å². The lowest BCUT2D eigenvalue weighted by Crippen LogP contribution is -2.51. The molecule has 1 heterocycles. The zero-order valence-corrected chi connectivity index (χ0v) is 15.7. The normalized spacial score (nSPS) is 24.3. The van der Waals surface area contributed by atoms with E-state index in [2.05, 4.69) is 24.3 Å². The number of nitrogens with zero attached hydrogens (tertiary/aromatic N) is 1. The molecule has 1 N–H and O–H groups in total. The Labute approximate surface area is 159 Å². The van der Waals surface area contributed by atoms with Crippen molar-refractivity contribution in [3.05, 3.63) is 59.7 Å². The molecule has 5 nitrogen and oxygen atoms in total. The smallest absolute Gasteiger partial charge is 0.407 e. The molecular formula is C22H25NO4. The molecule has 3 atom stereocenters. The van der Waals surface area contributed by atoms with Gasteiger partial charge in [-0.05, 0) is 35.6 Å². The third-order valence-corrected chi connectivity index (χ3v) is 5.86. The van der Waals surface area contributed by atoms with Crippen molar-refractivity contribution in [1.29, 1.82) is 0 Å². The van der Waals surface area contributed by atoms with Crippen LogP contribution in [0.3, 0.4) is 0 Å². The highest BCUT2D eigenvalue weighted by atomic mass is 16.7. The summed E-state index contributed by atoms with van der Waals surface area (Å²) >= 11 is 0. The second-order valence-corrected chi connectivity index (χ2v) is 7.31. The van der Waals surface area contributed by atoms with E-state index >= 15 is 0 Å². The Morgan fingerprint density at radius 2 is 1.70 bits per heavy atom. The summed E-state index contributed by atoms with van der Waals surface area (Å²) in [5.41, 5.74) is 4.81. The first-order chi connectivity index (χ1) is 13.1. The molecule has 0 aromatic heterocycles. The van der Waals surface area contributed by atoms with Gasteiger partial charge in [0.05, 0.1) is 12.1 Å². The molecule has 142 valence electrons. The van der Waals surface area contributed by atoms with E-state index in [0.29, 0.717) is 13.0 Å². The van der Waals surface area contributed by atoms with Gasteiger partial charge >= 0.3 is 6.09 Å². The van der Waals surface area contributed by atoms with Gasteiger partial charge in [0.25, 0.3) is 0 Å². The molecule has 27 heavy (non-hydrogen) atoms. The number of rotatable bonds is 4. The van der Waals surface area contributed by atoms with Crippen LogP contribution in [0.4, 0.5) is 4.79 Å². The molecule has 0 bridgehead atoms. The second-order valence-electron chi connectivity index (χ2n) is 7.31. The highest BCUT2D eigenvalue weighted by Crippen LogP contribution is 2.45. The summed E-state index contributed by atoms with van der Waals surface area (Å²) in [5, 5.41) is 9.96. The molecule has 0 saturated carbocycles. The number of carbonyl (C=O) groups is 1. The molecule has 1 fully saturated rings. The average Bonchev–Trinajstić information content (AvgIpc) is 3.00. The van der Waals surface area contributed by atoms with Crippen LogP contribution in [0.5, 0.6) is 0 Å². The van der Waals surface area contributed by atoms with E-state index in [4.69, 9.17) is 9.47 Å². The van der Waals surface area contributed by atoms with Crippen molar-refractivity contribution in [3.8, 4) is 11.1 Å². The Morgan fingerprint density at radius 3 is 2.22 bits per heavy atom. The summed E-state index contributed by atoms with van der Waals surface area (Å²) < 4.78 is 11.1. The van der Waals surface area contributed by atoms with E-state index < -0.39 is 6.09 Å². The third-order valence-electron chi connectivity index (χ3n) is 5.86. The monoisotopic (exact) mass is 367 g/mol. The number of carboxylic acid groups (broad SMARTS) is 1. The van der Waals surface area contributed by atoms with Crippen molar-refractivity contribution in [2.45, 2.75) is 44.1 Å². The maximum absolute atomic E-state index is 12.1. The van der Waals surface area contributed by atoms with Gasteiger partial charge in [0.15, 0.2) is 6.29 Å². The highest BCUT2D eigenvalue weighted by Gasteiger charge is 2.38. The number of amides is 1. The van der Waals surface area contributed by atoms with Crippen molar-refractivity contribution in [2.75, 3.05) is 13.7 Å². The number of hydrogen-bond acceptors (Lipinski definition) is 3. The van der Waals surface area contributed by atoms with Crippen LogP contribution in [-0.2, 0) is 9.47 Å². The number of ether oxygens (including phenoxy) is 2. The van der Waals surface area contributed by atoms with Crippen LogP contribution in [0.1, 0.15) is 36.8 Å². The molecule has 4 rings (SSSR count). The summed E-state index contributed by atoms with van der Waals surface area (Å²) in [6.07, 6.45) is 0.0921. The molecule has 5 heteroatoms. The van der Waals surface area contributed by atoms with Crippen LogP contribution in [0, 0.1) is 0 Å². The summed E-state index contributed by atoms with van der Waals surface area (Å²) in [7, 11) is 1.62. The number of fused-ring (bicyclic) bond motifs is 3. The standard InChI is InChI=1S/C22H25NO4/c1-14-20(11-12-21(26-2)27-14)23(22(24)25)13-19-17-9-5-3-7-15(17)16-8-4-6-10-18(16)19/h3-10,14,19-21H,11-13H2,1-2H3,(H,24,25)/t14-,20+,21?/m0/s1. The van der Waals surface area contributed by atoms with Gasteiger partial charge in [0.1, 0.15) is 0 Å². The van der Waals surface area contributed by atoms with Crippen LogP contribution in [0.15, 0.2) is 48.5 Å². The summed E-state index contributed by atoms with van der Waals surface area (Å²) in [6.45, 7) is 2.36. The predicted molar refractivity (Wildman–Crippen MR) is 103 cm³/mol. The van der Waals surface area contributed by atoms with E-state index in [9.17, 15) is 9.90 Å². The molecule has 0 spiro atoms. The first kappa shape index (κ1) is 18.0. The lowest BCUT2D eigenvalue weighted by Gasteiger charge is -2.40. The topological polar surface area (TPSA) is 59.0 Å². The zero-order valence-electron chi connectivity index (χ0n) is 15.7. The van der Waals surface area contributed by atoms with Crippen LogP contribution in [0.2, 0.25) is 0 Å². The minimum absolute atomic E-state index is 0.0425. The van der Waals surface area contributed by atoms with Gasteiger partial charge in [-0.3, -0.25) is 0 Å². The average molecular weight is 367 g/mol. The first-order valence-corrected chi connectivity index (χ1v) is 9.46. The Bertz CT molecular complexity index is 791. The summed E-state index contributed by atoms with van der Waals surface area (Å²) in [6, 6.07) is 16.4. The quantitative estimate of drug-likeness (QED) is 0.874.